The van der Waals surface area contributed by atoms with Crippen LogP contribution in [-0.4, -0.2) is 42.5 Å². The van der Waals surface area contributed by atoms with E-state index in [1.54, 1.807) is 0 Å². The third-order valence-corrected chi connectivity index (χ3v) is 4.10. The second kappa shape index (κ2) is 7.99. The lowest BCUT2D eigenvalue weighted by Gasteiger charge is -2.32. The lowest BCUT2D eigenvalue weighted by molar-refractivity contribution is -0.123. The Balaban J connectivity index is 2.41. The van der Waals surface area contributed by atoms with E-state index in [0.717, 1.165) is 12.5 Å². The zero-order valence-electron chi connectivity index (χ0n) is 13.7. The smallest absolute Gasteiger partial charge is 0.222 e. The lowest BCUT2D eigenvalue weighted by atomic mass is 9.88. The van der Waals surface area contributed by atoms with Gasteiger partial charge in [0.05, 0.1) is 0 Å². The van der Waals surface area contributed by atoms with Gasteiger partial charge in [0, 0.05) is 31.1 Å². The predicted octanol–water partition coefficient (Wildman–Crippen LogP) is 2.13. The molecule has 1 atom stereocenters. The van der Waals surface area contributed by atoms with Crippen molar-refractivity contribution in [3.05, 3.63) is 0 Å². The fourth-order valence-corrected chi connectivity index (χ4v) is 3.03. The normalized spacial score (nSPS) is 19.1. The molecule has 0 aromatic heterocycles. The van der Waals surface area contributed by atoms with Crippen LogP contribution in [0.3, 0.4) is 0 Å². The van der Waals surface area contributed by atoms with Gasteiger partial charge in [-0.1, -0.05) is 19.3 Å². The molecular formula is C16H33N3O. The van der Waals surface area contributed by atoms with E-state index in [2.05, 4.69) is 17.3 Å². The minimum absolute atomic E-state index is 0.100. The summed E-state index contributed by atoms with van der Waals surface area (Å²) in [5, 5.41) is 3.02. The van der Waals surface area contributed by atoms with Crippen molar-refractivity contribution < 1.29 is 4.79 Å². The van der Waals surface area contributed by atoms with Crippen LogP contribution in [0, 0.1) is 5.92 Å². The number of carbonyl (C=O) groups is 1. The molecule has 1 aliphatic carbocycles. The monoisotopic (exact) mass is 283 g/mol. The topological polar surface area (TPSA) is 58.4 Å². The largest absolute Gasteiger partial charge is 0.351 e. The Morgan fingerprint density at radius 1 is 1.30 bits per heavy atom. The third kappa shape index (κ3) is 6.71. The Morgan fingerprint density at radius 2 is 1.90 bits per heavy atom. The van der Waals surface area contributed by atoms with Crippen molar-refractivity contribution in [2.75, 3.05) is 20.1 Å². The van der Waals surface area contributed by atoms with Crippen molar-refractivity contribution in [3.8, 4) is 0 Å². The van der Waals surface area contributed by atoms with Gasteiger partial charge < -0.3 is 16.0 Å². The number of nitrogens with one attached hydrogen (secondary N) is 1. The van der Waals surface area contributed by atoms with Gasteiger partial charge in [0.25, 0.3) is 0 Å². The number of carbonyl (C=O) groups excluding carboxylic acids is 1. The highest BCUT2D eigenvalue weighted by molar-refractivity contribution is 5.77. The molecule has 1 unspecified atom stereocenters. The standard InChI is InChI=1S/C16H33N3O/c1-16(2,3)18-15(20)10-14(11-17)19(4)12-13-8-6-5-7-9-13/h13-14H,5-12,17H2,1-4H3,(H,18,20). The summed E-state index contributed by atoms with van der Waals surface area (Å²) in [6.45, 7) is 7.64. The molecule has 0 saturated heterocycles. The van der Waals surface area contributed by atoms with E-state index >= 15 is 0 Å². The van der Waals surface area contributed by atoms with Crippen molar-refractivity contribution >= 4 is 5.91 Å². The summed E-state index contributed by atoms with van der Waals surface area (Å²) in [7, 11) is 2.11. The highest BCUT2D eigenvalue weighted by atomic mass is 16.1. The van der Waals surface area contributed by atoms with Gasteiger partial charge in [-0.15, -0.1) is 0 Å². The van der Waals surface area contributed by atoms with Crippen LogP contribution in [-0.2, 0) is 4.79 Å². The molecule has 0 aliphatic heterocycles. The van der Waals surface area contributed by atoms with Crippen molar-refractivity contribution in [2.24, 2.45) is 11.7 Å². The number of hydrogen-bond donors (Lipinski definition) is 2. The summed E-state index contributed by atoms with van der Waals surface area (Å²) in [6.07, 6.45) is 7.25. The van der Waals surface area contributed by atoms with Gasteiger partial charge in [0.15, 0.2) is 0 Å². The first-order valence-electron chi connectivity index (χ1n) is 8.03. The second-order valence-electron chi connectivity index (χ2n) is 7.34. The number of nitrogens with two attached hydrogens (primary N) is 1. The molecule has 0 heterocycles. The minimum atomic E-state index is -0.168. The molecule has 0 spiro atoms. The van der Waals surface area contributed by atoms with Gasteiger partial charge in [-0.25, -0.2) is 0 Å². The van der Waals surface area contributed by atoms with E-state index in [9.17, 15) is 4.79 Å². The Hall–Kier alpha value is -0.610. The molecule has 0 aromatic carbocycles. The molecule has 20 heavy (non-hydrogen) atoms. The molecule has 3 N–H and O–H groups in total. The lowest BCUT2D eigenvalue weighted by Crippen LogP contribution is -2.47. The number of rotatable bonds is 6. The summed E-state index contributed by atoms with van der Waals surface area (Å²) < 4.78 is 0. The Kier molecular flexibility index (Phi) is 6.96. The van der Waals surface area contributed by atoms with Crippen molar-refractivity contribution in [1.29, 1.82) is 0 Å². The molecule has 1 aliphatic rings. The maximum Gasteiger partial charge on any atom is 0.222 e. The molecule has 1 rings (SSSR count). The summed E-state index contributed by atoms with van der Waals surface area (Å²) in [5.41, 5.74) is 5.70. The average Bonchev–Trinajstić information content (AvgIpc) is 2.35. The highest BCUT2D eigenvalue weighted by Crippen LogP contribution is 2.24. The molecule has 1 fully saturated rings. The predicted molar refractivity (Wildman–Crippen MR) is 84.6 cm³/mol. The maximum atomic E-state index is 12.0. The molecular weight excluding hydrogens is 250 g/mol. The minimum Gasteiger partial charge on any atom is -0.351 e. The Bertz CT molecular complexity index is 293. The van der Waals surface area contributed by atoms with Crippen LogP contribution in [0.4, 0.5) is 0 Å². The van der Waals surface area contributed by atoms with Crippen molar-refractivity contribution in [1.82, 2.24) is 10.2 Å². The van der Waals surface area contributed by atoms with Gasteiger partial charge in [-0.05, 0) is 46.6 Å². The van der Waals surface area contributed by atoms with Gasteiger partial charge in [-0.3, -0.25) is 4.79 Å². The molecule has 4 heteroatoms. The average molecular weight is 283 g/mol. The third-order valence-electron chi connectivity index (χ3n) is 4.10. The summed E-state index contributed by atoms with van der Waals surface area (Å²) in [6, 6.07) is 0.152. The van der Waals surface area contributed by atoms with E-state index in [1.807, 2.05) is 20.8 Å². The Labute approximate surface area is 124 Å². The number of likely N-dealkylation sites (N-methyl/N-ethyl adjacent to an activating group) is 1. The molecule has 118 valence electrons. The fraction of sp³-hybridized carbons (Fsp3) is 0.938. The fourth-order valence-electron chi connectivity index (χ4n) is 3.03. The Morgan fingerprint density at radius 3 is 2.40 bits per heavy atom. The van der Waals surface area contributed by atoms with E-state index in [4.69, 9.17) is 5.73 Å². The number of amides is 1. The van der Waals surface area contributed by atoms with E-state index in [-0.39, 0.29) is 17.5 Å². The van der Waals surface area contributed by atoms with Crippen LogP contribution in [0.1, 0.15) is 59.3 Å². The van der Waals surface area contributed by atoms with Crippen LogP contribution in [0.15, 0.2) is 0 Å². The van der Waals surface area contributed by atoms with Gasteiger partial charge in [-0.2, -0.15) is 0 Å². The first-order chi connectivity index (χ1) is 9.31. The number of hydrogen-bond acceptors (Lipinski definition) is 3. The van der Waals surface area contributed by atoms with Crippen LogP contribution >= 0.6 is 0 Å². The summed E-state index contributed by atoms with van der Waals surface area (Å²) in [5.74, 6) is 0.886. The first-order valence-corrected chi connectivity index (χ1v) is 8.03. The highest BCUT2D eigenvalue weighted by Gasteiger charge is 2.23. The maximum absolute atomic E-state index is 12.0. The summed E-state index contributed by atoms with van der Waals surface area (Å²) in [4.78, 5) is 14.3. The molecule has 0 bridgehead atoms. The molecule has 1 saturated carbocycles. The molecule has 0 aromatic rings. The van der Waals surface area contributed by atoms with Crippen LogP contribution < -0.4 is 11.1 Å². The van der Waals surface area contributed by atoms with Gasteiger partial charge >= 0.3 is 0 Å². The van der Waals surface area contributed by atoms with E-state index < -0.39 is 0 Å². The first kappa shape index (κ1) is 17.4. The second-order valence-corrected chi connectivity index (χ2v) is 7.34. The van der Waals surface area contributed by atoms with Crippen LogP contribution in [0.5, 0.6) is 0 Å². The molecule has 1 amide bonds. The SMILES string of the molecule is CN(CC1CCCCC1)C(CN)CC(=O)NC(C)(C)C. The van der Waals surface area contributed by atoms with Crippen LogP contribution in [0.2, 0.25) is 0 Å². The van der Waals surface area contributed by atoms with E-state index in [1.165, 1.54) is 32.1 Å². The number of nitrogens with zero attached hydrogens (tertiary/aromatic N) is 1. The van der Waals surface area contributed by atoms with Crippen molar-refractivity contribution in [3.63, 3.8) is 0 Å². The van der Waals surface area contributed by atoms with E-state index in [0.29, 0.717) is 13.0 Å². The quantitative estimate of drug-likeness (QED) is 0.785. The van der Waals surface area contributed by atoms with Gasteiger partial charge in [0.1, 0.15) is 0 Å². The zero-order valence-corrected chi connectivity index (χ0v) is 13.7. The van der Waals surface area contributed by atoms with Crippen molar-refractivity contribution in [2.45, 2.75) is 70.9 Å². The van der Waals surface area contributed by atoms with Gasteiger partial charge in [0.2, 0.25) is 5.91 Å². The summed E-state index contributed by atoms with van der Waals surface area (Å²) >= 11 is 0. The zero-order chi connectivity index (χ0) is 15.2. The molecule has 4 nitrogen and oxygen atoms in total. The van der Waals surface area contributed by atoms with Crippen LogP contribution in [0.25, 0.3) is 0 Å². The molecule has 0 radical (unpaired) electrons.